The highest BCUT2D eigenvalue weighted by molar-refractivity contribution is 5.69. The number of imidazole rings is 1. The normalized spacial score (nSPS) is 19.6. The van der Waals surface area contributed by atoms with Gasteiger partial charge in [-0.1, -0.05) is 0 Å². The van der Waals surface area contributed by atoms with Crippen LogP contribution in [0.25, 0.3) is 11.2 Å². The second-order valence-electron chi connectivity index (χ2n) is 5.26. The van der Waals surface area contributed by atoms with Crippen molar-refractivity contribution in [1.29, 1.82) is 0 Å². The lowest BCUT2D eigenvalue weighted by atomic mass is 10.1. The Bertz CT molecular complexity index is 749. The van der Waals surface area contributed by atoms with Gasteiger partial charge in [-0.2, -0.15) is 0 Å². The highest BCUT2D eigenvalue weighted by Crippen LogP contribution is 2.16. The smallest absolute Gasteiger partial charge is 0.332 e. The van der Waals surface area contributed by atoms with Crippen molar-refractivity contribution in [3.63, 3.8) is 0 Å². The maximum Gasteiger partial charge on any atom is 0.332 e. The van der Waals surface area contributed by atoms with E-state index in [9.17, 15) is 9.59 Å². The van der Waals surface area contributed by atoms with Gasteiger partial charge in [-0.25, -0.2) is 9.78 Å². The summed E-state index contributed by atoms with van der Waals surface area (Å²) in [7, 11) is 3.11. The van der Waals surface area contributed by atoms with Crippen LogP contribution in [0.5, 0.6) is 0 Å². The van der Waals surface area contributed by atoms with Crippen LogP contribution in [0.1, 0.15) is 19.3 Å². The number of aromatic nitrogens is 4. The van der Waals surface area contributed by atoms with Crippen LogP contribution in [-0.4, -0.2) is 31.4 Å². The van der Waals surface area contributed by atoms with Crippen LogP contribution in [-0.2, 0) is 25.4 Å². The van der Waals surface area contributed by atoms with Crippen molar-refractivity contribution in [2.24, 2.45) is 14.1 Å². The molecule has 1 unspecified atom stereocenters. The molecule has 2 aromatic rings. The molecule has 1 aliphatic heterocycles. The van der Waals surface area contributed by atoms with Gasteiger partial charge in [0.25, 0.3) is 5.56 Å². The van der Waals surface area contributed by atoms with E-state index in [0.29, 0.717) is 17.7 Å². The van der Waals surface area contributed by atoms with E-state index in [-0.39, 0.29) is 17.4 Å². The predicted octanol–water partition coefficient (Wildman–Crippen LogP) is 0.00280. The van der Waals surface area contributed by atoms with E-state index >= 15 is 0 Å². The van der Waals surface area contributed by atoms with Crippen LogP contribution < -0.4 is 11.2 Å². The minimum atomic E-state index is -0.360. The highest BCUT2D eigenvalue weighted by Gasteiger charge is 2.19. The molecular formula is C13H18N4O3. The molecule has 0 aliphatic carbocycles. The molecular weight excluding hydrogens is 260 g/mol. The van der Waals surface area contributed by atoms with Crippen molar-refractivity contribution in [2.45, 2.75) is 31.9 Å². The van der Waals surface area contributed by atoms with E-state index < -0.39 is 0 Å². The van der Waals surface area contributed by atoms with Crippen molar-refractivity contribution in [2.75, 3.05) is 6.61 Å². The molecule has 1 saturated heterocycles. The molecule has 20 heavy (non-hydrogen) atoms. The van der Waals surface area contributed by atoms with Gasteiger partial charge in [0.2, 0.25) is 0 Å². The summed E-state index contributed by atoms with van der Waals surface area (Å²) in [5.41, 5.74) is 0.218. The fraction of sp³-hybridized carbons (Fsp3) is 0.615. The SMILES string of the molecule is Cn1c(=O)c2c(ncn2CC2CCCCO2)n(C)c1=O. The zero-order valence-corrected chi connectivity index (χ0v) is 11.7. The number of ether oxygens (including phenoxy) is 1. The first kappa shape index (κ1) is 13.1. The van der Waals surface area contributed by atoms with Crippen LogP contribution >= 0.6 is 0 Å². The van der Waals surface area contributed by atoms with Gasteiger partial charge in [0.1, 0.15) is 0 Å². The van der Waals surface area contributed by atoms with E-state index in [0.717, 1.165) is 30.4 Å². The third-order valence-corrected chi connectivity index (χ3v) is 3.89. The minimum Gasteiger partial charge on any atom is -0.376 e. The summed E-state index contributed by atoms with van der Waals surface area (Å²) >= 11 is 0. The molecule has 0 amide bonds. The number of hydrogen-bond donors (Lipinski definition) is 0. The van der Waals surface area contributed by atoms with E-state index in [1.165, 1.54) is 11.6 Å². The first-order valence-electron chi connectivity index (χ1n) is 6.82. The molecule has 7 nitrogen and oxygen atoms in total. The van der Waals surface area contributed by atoms with Crippen LogP contribution in [0.4, 0.5) is 0 Å². The molecule has 1 aliphatic rings. The largest absolute Gasteiger partial charge is 0.376 e. The number of aryl methyl sites for hydroxylation is 1. The molecule has 0 bridgehead atoms. The second-order valence-corrected chi connectivity index (χ2v) is 5.26. The first-order chi connectivity index (χ1) is 9.59. The average molecular weight is 278 g/mol. The lowest BCUT2D eigenvalue weighted by molar-refractivity contribution is 0.00657. The Morgan fingerprint density at radius 3 is 2.80 bits per heavy atom. The molecule has 1 atom stereocenters. The van der Waals surface area contributed by atoms with Crippen molar-refractivity contribution in [3.05, 3.63) is 27.2 Å². The summed E-state index contributed by atoms with van der Waals surface area (Å²) in [4.78, 5) is 28.3. The van der Waals surface area contributed by atoms with Crippen LogP contribution in [0, 0.1) is 0 Å². The Morgan fingerprint density at radius 2 is 2.10 bits per heavy atom. The lowest BCUT2D eigenvalue weighted by Gasteiger charge is -2.22. The maximum atomic E-state index is 12.3. The summed E-state index contributed by atoms with van der Waals surface area (Å²) in [5, 5.41) is 0. The highest BCUT2D eigenvalue weighted by atomic mass is 16.5. The standard InChI is InChI=1S/C13H18N4O3/c1-15-11-10(12(18)16(2)13(15)19)17(8-14-11)7-9-5-3-4-6-20-9/h8-9H,3-7H2,1-2H3. The fourth-order valence-corrected chi connectivity index (χ4v) is 2.71. The molecule has 1 fully saturated rings. The predicted molar refractivity (Wildman–Crippen MR) is 73.8 cm³/mol. The van der Waals surface area contributed by atoms with Crippen molar-refractivity contribution >= 4 is 11.2 Å². The Hall–Kier alpha value is -1.89. The van der Waals surface area contributed by atoms with E-state index in [2.05, 4.69) is 4.98 Å². The van der Waals surface area contributed by atoms with Crippen LogP contribution in [0.15, 0.2) is 15.9 Å². The van der Waals surface area contributed by atoms with Gasteiger partial charge in [0.15, 0.2) is 11.2 Å². The summed E-state index contributed by atoms with van der Waals surface area (Å²) < 4.78 is 10.0. The Kier molecular flexibility index (Phi) is 3.21. The summed E-state index contributed by atoms with van der Waals surface area (Å²) in [5.74, 6) is 0. The molecule has 108 valence electrons. The molecule has 3 rings (SSSR count). The van der Waals surface area contributed by atoms with Crippen LogP contribution in [0.3, 0.4) is 0 Å². The second kappa shape index (κ2) is 4.90. The third kappa shape index (κ3) is 1.98. The minimum absolute atomic E-state index is 0.114. The molecule has 0 spiro atoms. The Labute approximate surface area is 115 Å². The summed E-state index contributed by atoms with van der Waals surface area (Å²) in [6.07, 6.45) is 4.96. The molecule has 7 heteroatoms. The van der Waals surface area contributed by atoms with E-state index in [1.54, 1.807) is 17.9 Å². The van der Waals surface area contributed by atoms with Gasteiger partial charge in [-0.3, -0.25) is 13.9 Å². The van der Waals surface area contributed by atoms with Gasteiger partial charge in [0.05, 0.1) is 19.0 Å². The van der Waals surface area contributed by atoms with Gasteiger partial charge >= 0.3 is 5.69 Å². The average Bonchev–Trinajstić information content (AvgIpc) is 2.88. The zero-order valence-electron chi connectivity index (χ0n) is 11.7. The zero-order chi connectivity index (χ0) is 14.3. The molecule has 0 radical (unpaired) electrons. The first-order valence-corrected chi connectivity index (χ1v) is 6.82. The quantitative estimate of drug-likeness (QED) is 0.775. The molecule has 0 saturated carbocycles. The third-order valence-electron chi connectivity index (χ3n) is 3.89. The summed E-state index contributed by atoms with van der Waals surface area (Å²) in [6.45, 7) is 1.37. The maximum absolute atomic E-state index is 12.3. The van der Waals surface area contributed by atoms with Crippen molar-refractivity contribution in [1.82, 2.24) is 18.7 Å². The number of hydrogen-bond acceptors (Lipinski definition) is 4. The van der Waals surface area contributed by atoms with Gasteiger partial charge < -0.3 is 9.30 Å². The van der Waals surface area contributed by atoms with Crippen molar-refractivity contribution < 1.29 is 4.74 Å². The fourth-order valence-electron chi connectivity index (χ4n) is 2.71. The van der Waals surface area contributed by atoms with Gasteiger partial charge in [0, 0.05) is 20.7 Å². The lowest BCUT2D eigenvalue weighted by Crippen LogP contribution is -2.38. The van der Waals surface area contributed by atoms with E-state index in [1.807, 2.05) is 0 Å². The molecule has 0 N–H and O–H groups in total. The van der Waals surface area contributed by atoms with Gasteiger partial charge in [-0.05, 0) is 19.3 Å². The number of nitrogens with zero attached hydrogens (tertiary/aromatic N) is 4. The monoisotopic (exact) mass is 278 g/mol. The number of rotatable bonds is 2. The molecule has 2 aromatic heterocycles. The number of fused-ring (bicyclic) bond motifs is 1. The Morgan fingerprint density at radius 1 is 1.30 bits per heavy atom. The molecule has 3 heterocycles. The Balaban J connectivity index is 2.09. The molecule has 0 aromatic carbocycles. The topological polar surface area (TPSA) is 71.0 Å². The van der Waals surface area contributed by atoms with Crippen molar-refractivity contribution in [3.8, 4) is 0 Å². The van der Waals surface area contributed by atoms with Gasteiger partial charge in [-0.15, -0.1) is 0 Å². The van der Waals surface area contributed by atoms with Crippen LogP contribution in [0.2, 0.25) is 0 Å². The van der Waals surface area contributed by atoms with E-state index in [4.69, 9.17) is 4.74 Å². The summed E-state index contributed by atoms with van der Waals surface area (Å²) in [6, 6.07) is 0.